The third kappa shape index (κ3) is 5.27. The number of hydrogen-bond acceptors (Lipinski definition) is 7. The summed E-state index contributed by atoms with van der Waals surface area (Å²) in [7, 11) is 0. The molecule has 1 saturated heterocycles. The minimum atomic E-state index is -0.623. The van der Waals surface area contributed by atoms with Gasteiger partial charge in [0, 0.05) is 17.6 Å². The Balaban J connectivity index is 1.26. The molecule has 1 fully saturated rings. The molecule has 0 bridgehead atoms. The lowest BCUT2D eigenvalue weighted by molar-refractivity contribution is -0.139. The molecule has 174 valence electrons. The maximum Gasteiger partial charge on any atom is 0.338 e. The molecule has 2 aliphatic rings. The Kier molecular flexibility index (Phi) is 6.82. The first-order chi connectivity index (χ1) is 15.9. The van der Waals surface area contributed by atoms with Crippen molar-refractivity contribution >= 4 is 17.7 Å². The van der Waals surface area contributed by atoms with Crippen LogP contribution in [0.25, 0.3) is 0 Å². The molecule has 1 amide bonds. The second-order valence-corrected chi connectivity index (χ2v) is 8.31. The molecule has 0 unspecified atom stereocenters. The normalized spacial score (nSPS) is 19.2. The number of piperidine rings is 1. The highest BCUT2D eigenvalue weighted by Crippen LogP contribution is 2.32. The number of rotatable bonds is 7. The van der Waals surface area contributed by atoms with Crippen molar-refractivity contribution in [1.82, 2.24) is 4.90 Å². The summed E-state index contributed by atoms with van der Waals surface area (Å²) in [6.45, 7) is 3.79. The van der Waals surface area contributed by atoms with Gasteiger partial charge in [0.05, 0.1) is 5.56 Å². The van der Waals surface area contributed by atoms with Crippen LogP contribution in [0.5, 0.6) is 17.2 Å². The molecule has 8 nitrogen and oxygen atoms in total. The minimum Gasteiger partial charge on any atom is -0.484 e. The molecule has 0 saturated carbocycles. The summed E-state index contributed by atoms with van der Waals surface area (Å²) in [5.74, 6) is 0.538. The Morgan fingerprint density at radius 1 is 0.909 bits per heavy atom. The van der Waals surface area contributed by atoms with E-state index >= 15 is 0 Å². The Morgan fingerprint density at radius 2 is 1.58 bits per heavy atom. The van der Waals surface area contributed by atoms with Gasteiger partial charge in [-0.05, 0) is 75.6 Å². The Hall–Kier alpha value is -3.55. The van der Waals surface area contributed by atoms with Gasteiger partial charge in [-0.1, -0.05) is 0 Å². The number of amides is 1. The molecule has 0 N–H and O–H groups in total. The number of ether oxygens (including phenoxy) is 4. The van der Waals surface area contributed by atoms with E-state index in [1.54, 1.807) is 42.5 Å². The van der Waals surface area contributed by atoms with Crippen molar-refractivity contribution in [2.45, 2.75) is 45.2 Å². The van der Waals surface area contributed by atoms with Gasteiger partial charge >= 0.3 is 5.97 Å². The number of likely N-dealkylation sites (tertiary alicyclic amines) is 1. The van der Waals surface area contributed by atoms with Crippen LogP contribution < -0.4 is 14.2 Å². The highest BCUT2D eigenvalue weighted by atomic mass is 16.7. The van der Waals surface area contributed by atoms with Crippen molar-refractivity contribution in [2.24, 2.45) is 0 Å². The summed E-state index contributed by atoms with van der Waals surface area (Å²) in [5.41, 5.74) is 0.656. The molecule has 0 spiro atoms. The van der Waals surface area contributed by atoms with Gasteiger partial charge in [0.25, 0.3) is 5.91 Å². The van der Waals surface area contributed by atoms with E-state index in [0.29, 0.717) is 22.8 Å². The van der Waals surface area contributed by atoms with E-state index in [1.165, 1.54) is 0 Å². The maximum absolute atomic E-state index is 12.6. The van der Waals surface area contributed by atoms with Crippen molar-refractivity contribution in [3.05, 3.63) is 53.6 Å². The molecule has 2 aromatic rings. The lowest BCUT2D eigenvalue weighted by atomic mass is 9.97. The van der Waals surface area contributed by atoms with Crippen LogP contribution in [0.4, 0.5) is 0 Å². The zero-order chi connectivity index (χ0) is 23.4. The van der Waals surface area contributed by atoms with E-state index in [-0.39, 0.29) is 42.7 Å². The molecule has 0 radical (unpaired) electrons. The summed E-state index contributed by atoms with van der Waals surface area (Å²) in [4.78, 5) is 39.1. The minimum absolute atomic E-state index is 0.0415. The third-order valence-corrected chi connectivity index (χ3v) is 5.96. The summed E-state index contributed by atoms with van der Waals surface area (Å²) >= 11 is 0. The molecular formula is C25H27NO7. The van der Waals surface area contributed by atoms with Gasteiger partial charge in [-0.3, -0.25) is 9.59 Å². The number of esters is 1. The van der Waals surface area contributed by atoms with Gasteiger partial charge in [-0.15, -0.1) is 0 Å². The molecule has 33 heavy (non-hydrogen) atoms. The highest BCUT2D eigenvalue weighted by molar-refractivity contribution is 5.99. The predicted molar refractivity (Wildman–Crippen MR) is 119 cm³/mol. The van der Waals surface area contributed by atoms with Gasteiger partial charge in [-0.25, -0.2) is 4.79 Å². The van der Waals surface area contributed by atoms with Crippen LogP contribution in [0, 0.1) is 0 Å². The summed E-state index contributed by atoms with van der Waals surface area (Å²) in [6.07, 6.45) is 3.14. The largest absolute Gasteiger partial charge is 0.484 e. The van der Waals surface area contributed by atoms with Crippen LogP contribution in [0.15, 0.2) is 42.5 Å². The smallest absolute Gasteiger partial charge is 0.338 e. The van der Waals surface area contributed by atoms with E-state index in [2.05, 4.69) is 13.8 Å². The van der Waals surface area contributed by atoms with Crippen molar-refractivity contribution in [3.8, 4) is 17.2 Å². The second kappa shape index (κ2) is 9.94. The number of nitrogens with zero attached hydrogens (tertiary/aromatic N) is 1. The number of ketones is 1. The van der Waals surface area contributed by atoms with Gasteiger partial charge < -0.3 is 23.8 Å². The van der Waals surface area contributed by atoms with E-state index in [9.17, 15) is 14.4 Å². The second-order valence-electron chi connectivity index (χ2n) is 8.31. The van der Waals surface area contributed by atoms with Crippen LogP contribution in [0.2, 0.25) is 0 Å². The number of Topliss-reactive ketones (excluding diaryl/α,β-unsaturated/α-hetero) is 1. The molecule has 2 heterocycles. The standard InChI is InChI=1S/C25H27NO7/c1-16-4-3-5-17(2)26(16)24(28)14-30-20-9-6-18(7-10-20)25(29)31-13-21(27)19-8-11-22-23(12-19)33-15-32-22/h6-12,16-17H,3-5,13-15H2,1-2H3/t16-,17-/m1/s1. The van der Waals surface area contributed by atoms with Crippen molar-refractivity contribution in [1.29, 1.82) is 0 Å². The Bertz CT molecular complexity index is 1020. The fraction of sp³-hybridized carbons (Fsp3) is 0.400. The summed E-state index contributed by atoms with van der Waals surface area (Å²) in [5, 5.41) is 0. The first kappa shape index (κ1) is 22.6. The van der Waals surface area contributed by atoms with E-state index in [1.807, 2.05) is 4.90 Å². The SMILES string of the molecule is C[C@@H]1CCC[C@@H](C)N1C(=O)COc1ccc(C(=O)OCC(=O)c2ccc3c(c2)OCO3)cc1. The molecule has 2 atom stereocenters. The number of hydrogen-bond donors (Lipinski definition) is 0. The maximum atomic E-state index is 12.6. The zero-order valence-electron chi connectivity index (χ0n) is 18.7. The monoisotopic (exact) mass is 453 g/mol. The van der Waals surface area contributed by atoms with Crippen LogP contribution in [-0.2, 0) is 9.53 Å². The average Bonchev–Trinajstić information content (AvgIpc) is 3.29. The molecule has 2 aromatic carbocycles. The lowest BCUT2D eigenvalue weighted by Gasteiger charge is -2.38. The van der Waals surface area contributed by atoms with Gasteiger partial charge in [0.15, 0.2) is 30.5 Å². The van der Waals surface area contributed by atoms with Crippen molar-refractivity contribution < 1.29 is 33.3 Å². The zero-order valence-corrected chi connectivity index (χ0v) is 18.7. The van der Waals surface area contributed by atoms with Crippen molar-refractivity contribution in [3.63, 3.8) is 0 Å². The Labute approximate surface area is 192 Å². The average molecular weight is 453 g/mol. The quantitative estimate of drug-likeness (QED) is 0.467. The fourth-order valence-electron chi connectivity index (χ4n) is 4.19. The molecule has 4 rings (SSSR count). The van der Waals surface area contributed by atoms with Gasteiger partial charge in [0.2, 0.25) is 6.79 Å². The molecule has 8 heteroatoms. The molecule has 0 aromatic heterocycles. The first-order valence-corrected chi connectivity index (χ1v) is 11.1. The van der Waals surface area contributed by atoms with Crippen LogP contribution >= 0.6 is 0 Å². The number of carbonyl (C=O) groups is 3. The molecular weight excluding hydrogens is 426 g/mol. The number of carbonyl (C=O) groups excluding carboxylic acids is 3. The fourth-order valence-corrected chi connectivity index (χ4v) is 4.19. The van der Waals surface area contributed by atoms with E-state index < -0.39 is 12.6 Å². The summed E-state index contributed by atoms with van der Waals surface area (Å²) < 4.78 is 21.2. The molecule has 2 aliphatic heterocycles. The predicted octanol–water partition coefficient (Wildman–Crippen LogP) is 3.62. The molecule has 0 aliphatic carbocycles. The van der Waals surface area contributed by atoms with E-state index in [0.717, 1.165) is 19.3 Å². The summed E-state index contributed by atoms with van der Waals surface area (Å²) in [6, 6.07) is 11.5. The lowest BCUT2D eigenvalue weighted by Crippen LogP contribution is -2.49. The van der Waals surface area contributed by atoms with Crippen LogP contribution in [0.1, 0.15) is 53.8 Å². The van der Waals surface area contributed by atoms with Gasteiger partial charge in [-0.2, -0.15) is 0 Å². The Morgan fingerprint density at radius 3 is 2.30 bits per heavy atom. The van der Waals surface area contributed by atoms with Crippen LogP contribution in [-0.4, -0.2) is 54.7 Å². The van der Waals surface area contributed by atoms with E-state index in [4.69, 9.17) is 18.9 Å². The third-order valence-electron chi connectivity index (χ3n) is 5.96. The number of fused-ring (bicyclic) bond motifs is 1. The van der Waals surface area contributed by atoms with Crippen LogP contribution in [0.3, 0.4) is 0 Å². The number of benzene rings is 2. The van der Waals surface area contributed by atoms with Crippen molar-refractivity contribution in [2.75, 3.05) is 20.0 Å². The van der Waals surface area contributed by atoms with Gasteiger partial charge in [0.1, 0.15) is 5.75 Å². The first-order valence-electron chi connectivity index (χ1n) is 11.1. The highest BCUT2D eigenvalue weighted by Gasteiger charge is 2.29. The topological polar surface area (TPSA) is 91.4 Å².